The lowest BCUT2D eigenvalue weighted by atomic mass is 10.0. The second-order valence-electron chi connectivity index (χ2n) is 12.1. The van der Waals surface area contributed by atoms with E-state index in [0.717, 1.165) is 11.1 Å². The maximum Gasteiger partial charge on any atom is 0.410 e. The summed E-state index contributed by atoms with van der Waals surface area (Å²) in [6.07, 6.45) is 0.942. The van der Waals surface area contributed by atoms with Crippen molar-refractivity contribution in [1.82, 2.24) is 14.8 Å². The second kappa shape index (κ2) is 13.3. The van der Waals surface area contributed by atoms with Gasteiger partial charge in [0.15, 0.2) is 0 Å². The topological polar surface area (TPSA) is 109 Å². The molecule has 46 heavy (non-hydrogen) atoms. The Morgan fingerprint density at radius 2 is 1.59 bits per heavy atom. The van der Waals surface area contributed by atoms with Gasteiger partial charge in [0, 0.05) is 56.9 Å². The molecule has 1 saturated heterocycles. The van der Waals surface area contributed by atoms with E-state index in [0.29, 0.717) is 37.1 Å². The standard InChI is InChI=1S/C34H37FN4O6S/c1-34(2,3)44-33(41)37(4)30(32(40)39-21-19-38(20-22-39)27-13-11-26(35)12-14-27)23-24-9-15-28(16-10-24)45-46(42,43)31-29-8-6-5-7-25(29)17-18-36-31/h5-18,30H,19-23H2,1-4H3/t30-/m0/s1. The number of benzene rings is 3. The molecule has 0 saturated carbocycles. The Hall–Kier alpha value is -4.71. The van der Waals surface area contributed by atoms with Crippen LogP contribution in [0.25, 0.3) is 10.8 Å². The van der Waals surface area contributed by atoms with E-state index in [1.54, 1.807) is 74.2 Å². The summed E-state index contributed by atoms with van der Waals surface area (Å²) < 4.78 is 50.7. The first-order valence-electron chi connectivity index (χ1n) is 14.9. The van der Waals surface area contributed by atoms with E-state index in [1.165, 1.54) is 42.4 Å². The number of hydrogen-bond acceptors (Lipinski definition) is 8. The van der Waals surface area contributed by atoms with Crippen LogP contribution in [0.4, 0.5) is 14.9 Å². The summed E-state index contributed by atoms with van der Waals surface area (Å²) >= 11 is 0. The third-order valence-electron chi connectivity index (χ3n) is 7.65. The third kappa shape index (κ3) is 7.74. The van der Waals surface area contributed by atoms with Crippen LogP contribution in [0.5, 0.6) is 5.75 Å². The lowest BCUT2D eigenvalue weighted by Gasteiger charge is -2.39. The van der Waals surface area contributed by atoms with E-state index in [4.69, 9.17) is 8.92 Å². The molecule has 4 aromatic rings. The van der Waals surface area contributed by atoms with Gasteiger partial charge in [0.1, 0.15) is 23.2 Å². The Morgan fingerprint density at radius 3 is 2.24 bits per heavy atom. The normalized spacial score (nSPS) is 14.5. The van der Waals surface area contributed by atoms with E-state index in [1.807, 2.05) is 6.07 Å². The minimum absolute atomic E-state index is 0.0822. The molecule has 2 amide bonds. The van der Waals surface area contributed by atoms with Crippen molar-refractivity contribution in [3.8, 4) is 5.75 Å². The molecule has 0 unspecified atom stereocenters. The summed E-state index contributed by atoms with van der Waals surface area (Å²) in [7, 11) is -2.70. The molecule has 0 aliphatic carbocycles. The van der Waals surface area contributed by atoms with Crippen LogP contribution in [0, 0.1) is 5.82 Å². The van der Waals surface area contributed by atoms with Gasteiger partial charge in [0.05, 0.1) is 0 Å². The van der Waals surface area contributed by atoms with E-state index >= 15 is 0 Å². The number of rotatable bonds is 8. The lowest BCUT2D eigenvalue weighted by molar-refractivity contribution is -0.136. The van der Waals surface area contributed by atoms with Crippen LogP contribution < -0.4 is 9.08 Å². The molecule has 1 atom stereocenters. The zero-order valence-corrected chi connectivity index (χ0v) is 27.0. The molecule has 0 N–H and O–H groups in total. The van der Waals surface area contributed by atoms with Crippen LogP contribution >= 0.6 is 0 Å². The van der Waals surface area contributed by atoms with Gasteiger partial charge in [0.25, 0.3) is 0 Å². The summed E-state index contributed by atoms with van der Waals surface area (Å²) in [4.78, 5) is 36.2. The highest BCUT2D eigenvalue weighted by Gasteiger charge is 2.34. The highest BCUT2D eigenvalue weighted by Crippen LogP contribution is 2.26. The number of carbonyl (C=O) groups excluding carboxylic acids is 2. The van der Waals surface area contributed by atoms with Crippen molar-refractivity contribution in [2.24, 2.45) is 0 Å². The number of pyridine rings is 1. The van der Waals surface area contributed by atoms with Gasteiger partial charge in [-0.3, -0.25) is 9.69 Å². The molecule has 1 aromatic heterocycles. The quantitative estimate of drug-likeness (QED) is 0.238. The first-order chi connectivity index (χ1) is 21.8. The summed E-state index contributed by atoms with van der Waals surface area (Å²) in [6, 6.07) is 20.4. The zero-order chi connectivity index (χ0) is 33.1. The number of aromatic nitrogens is 1. The number of anilines is 1. The lowest BCUT2D eigenvalue weighted by Crippen LogP contribution is -2.56. The number of halogens is 1. The van der Waals surface area contributed by atoms with Gasteiger partial charge in [0.2, 0.25) is 10.9 Å². The molecule has 1 fully saturated rings. The summed E-state index contributed by atoms with van der Waals surface area (Å²) in [5, 5.41) is 0.988. The van der Waals surface area contributed by atoms with Crippen LogP contribution in [-0.2, 0) is 26.1 Å². The predicted molar refractivity (Wildman–Crippen MR) is 173 cm³/mol. The number of nitrogens with zero attached hydrogens (tertiary/aromatic N) is 4. The molecule has 1 aliphatic rings. The molecule has 0 radical (unpaired) electrons. The Balaban J connectivity index is 1.31. The van der Waals surface area contributed by atoms with E-state index < -0.39 is 27.9 Å². The fraction of sp³-hybridized carbons (Fsp3) is 0.324. The van der Waals surface area contributed by atoms with Crippen molar-refractivity contribution in [2.45, 2.75) is 43.9 Å². The molecule has 3 aromatic carbocycles. The smallest absolute Gasteiger partial charge is 0.410 e. The Morgan fingerprint density at radius 1 is 0.935 bits per heavy atom. The van der Waals surface area contributed by atoms with Gasteiger partial charge in [-0.2, -0.15) is 8.42 Å². The molecule has 0 spiro atoms. The number of fused-ring (bicyclic) bond motifs is 1. The molecule has 10 nitrogen and oxygen atoms in total. The number of amides is 2. The highest BCUT2D eigenvalue weighted by molar-refractivity contribution is 7.87. The van der Waals surface area contributed by atoms with Crippen LogP contribution in [0.3, 0.4) is 0 Å². The van der Waals surface area contributed by atoms with Crippen molar-refractivity contribution >= 4 is 38.6 Å². The third-order valence-corrected chi connectivity index (χ3v) is 8.86. The molecule has 1 aliphatic heterocycles. The zero-order valence-electron chi connectivity index (χ0n) is 26.2. The van der Waals surface area contributed by atoms with E-state index in [9.17, 15) is 22.4 Å². The minimum atomic E-state index is -4.24. The van der Waals surface area contributed by atoms with Crippen LogP contribution in [-0.4, -0.2) is 80.1 Å². The Labute approximate surface area is 268 Å². The van der Waals surface area contributed by atoms with Crippen molar-refractivity contribution in [1.29, 1.82) is 0 Å². The van der Waals surface area contributed by atoms with Crippen molar-refractivity contribution in [3.63, 3.8) is 0 Å². The fourth-order valence-electron chi connectivity index (χ4n) is 5.26. The van der Waals surface area contributed by atoms with Gasteiger partial charge in [-0.05, 0) is 74.2 Å². The van der Waals surface area contributed by atoms with Gasteiger partial charge in [-0.15, -0.1) is 0 Å². The highest BCUT2D eigenvalue weighted by atomic mass is 32.2. The second-order valence-corrected chi connectivity index (χ2v) is 13.6. The number of hydrogen-bond donors (Lipinski definition) is 0. The number of piperazine rings is 1. The number of ether oxygens (including phenoxy) is 1. The van der Waals surface area contributed by atoms with E-state index in [-0.39, 0.29) is 28.9 Å². The molecule has 0 bridgehead atoms. The summed E-state index contributed by atoms with van der Waals surface area (Å²) in [5.41, 5.74) is 0.798. The van der Waals surface area contributed by atoms with E-state index in [2.05, 4.69) is 9.88 Å². The average molecular weight is 649 g/mol. The number of carbonyl (C=O) groups is 2. The van der Waals surface area contributed by atoms with Crippen molar-refractivity contribution < 1.29 is 31.3 Å². The summed E-state index contributed by atoms with van der Waals surface area (Å²) in [5.74, 6) is -0.468. The summed E-state index contributed by atoms with van der Waals surface area (Å²) in [6.45, 7) is 7.20. The molecular weight excluding hydrogens is 611 g/mol. The van der Waals surface area contributed by atoms with Gasteiger partial charge >= 0.3 is 16.2 Å². The maximum atomic E-state index is 13.9. The molecule has 2 heterocycles. The predicted octanol–water partition coefficient (Wildman–Crippen LogP) is 5.27. The molecule has 12 heteroatoms. The Bertz CT molecular complexity index is 1800. The number of likely N-dealkylation sites (N-methyl/N-ethyl adjacent to an activating group) is 1. The van der Waals surface area contributed by atoms with Crippen molar-refractivity contribution in [2.75, 3.05) is 38.1 Å². The van der Waals surface area contributed by atoms with Crippen LogP contribution in [0.2, 0.25) is 0 Å². The average Bonchev–Trinajstić information content (AvgIpc) is 3.03. The minimum Gasteiger partial charge on any atom is -0.444 e. The van der Waals surface area contributed by atoms with Crippen LogP contribution in [0.1, 0.15) is 26.3 Å². The van der Waals surface area contributed by atoms with Crippen LogP contribution in [0.15, 0.2) is 90.1 Å². The van der Waals surface area contributed by atoms with Gasteiger partial charge in [-0.25, -0.2) is 14.2 Å². The van der Waals surface area contributed by atoms with Gasteiger partial charge in [-0.1, -0.05) is 36.4 Å². The largest absolute Gasteiger partial charge is 0.444 e. The van der Waals surface area contributed by atoms with Crippen molar-refractivity contribution in [3.05, 3.63) is 96.4 Å². The molecule has 242 valence electrons. The monoisotopic (exact) mass is 648 g/mol. The first kappa shape index (κ1) is 32.7. The maximum absolute atomic E-state index is 13.9. The first-order valence-corrected chi connectivity index (χ1v) is 16.3. The molecule has 5 rings (SSSR count). The fourth-order valence-corrected chi connectivity index (χ4v) is 6.35. The Kier molecular flexibility index (Phi) is 9.47. The van der Waals surface area contributed by atoms with Gasteiger partial charge < -0.3 is 18.7 Å². The molecular formula is C34H37FN4O6S. The SMILES string of the molecule is CN(C(=O)OC(C)(C)C)[C@@H](Cc1ccc(OS(=O)(=O)c2nccc3ccccc23)cc1)C(=O)N1CCN(c2ccc(F)cc2)CC1.